The van der Waals surface area contributed by atoms with Crippen LogP contribution >= 0.6 is 0 Å². The molecule has 0 aliphatic rings. The van der Waals surface area contributed by atoms with Crippen LogP contribution in [-0.4, -0.2) is 36.3 Å². The van der Waals surface area contributed by atoms with Crippen molar-refractivity contribution < 1.29 is 65.9 Å². The van der Waals surface area contributed by atoms with Gasteiger partial charge in [0, 0.05) is 6.92 Å². The zero-order valence-corrected chi connectivity index (χ0v) is 10.2. The molecule has 0 rings (SSSR count). The van der Waals surface area contributed by atoms with E-state index in [1.54, 1.807) is 0 Å². The van der Waals surface area contributed by atoms with Crippen molar-refractivity contribution in [1.29, 1.82) is 0 Å². The Balaban J connectivity index is 7.12. The number of alkyl halides is 15. The summed E-state index contributed by atoms with van der Waals surface area (Å²) in [5.74, 6) is -22.3. The lowest BCUT2D eigenvalue weighted by Gasteiger charge is -2.46. The first-order valence-electron chi connectivity index (χ1n) is 4.83. The van der Waals surface area contributed by atoms with E-state index in [2.05, 4.69) is 0 Å². The monoisotopic (exact) mass is 384 g/mol. The van der Waals surface area contributed by atoms with Gasteiger partial charge in [0.05, 0.1) is 0 Å². The molecular weight excluding hydrogens is 381 g/mol. The first kappa shape index (κ1) is 21.9. The molecule has 15 heteroatoms. The van der Waals surface area contributed by atoms with Crippen LogP contribution in [0.4, 0.5) is 65.9 Å². The Morgan fingerprint density at radius 2 is 0.609 bits per heavy atom. The maximum atomic E-state index is 13.1. The minimum atomic E-state index is -8.41. The highest BCUT2D eigenvalue weighted by atomic mass is 19.4. The fourth-order valence-corrected chi connectivity index (χ4v) is 1.53. The molecule has 0 aliphatic heterocycles. The molecule has 0 atom stereocenters. The Bertz CT molecular complexity index is 390. The third-order valence-corrected chi connectivity index (χ3v) is 2.69. The maximum absolute atomic E-state index is 13.1. The van der Waals surface area contributed by atoms with Gasteiger partial charge in [0.25, 0.3) is 0 Å². The third-order valence-electron chi connectivity index (χ3n) is 2.69. The summed E-state index contributed by atoms with van der Waals surface area (Å²) in [6, 6.07) is 0. The average Bonchev–Trinajstić information content (AvgIpc) is 2.06. The van der Waals surface area contributed by atoms with Crippen molar-refractivity contribution in [2.75, 3.05) is 0 Å². The summed E-state index contributed by atoms with van der Waals surface area (Å²) >= 11 is 0. The molecule has 140 valence electrons. The molecule has 0 heterocycles. The van der Waals surface area contributed by atoms with E-state index in [-0.39, 0.29) is 0 Å². The second-order valence-corrected chi connectivity index (χ2v) is 4.28. The zero-order valence-electron chi connectivity index (χ0n) is 10.2. The number of rotatable bonds is 3. The van der Waals surface area contributed by atoms with Gasteiger partial charge in [0.15, 0.2) is 0 Å². The van der Waals surface area contributed by atoms with E-state index >= 15 is 0 Å². The molecule has 0 aromatic rings. The van der Waals surface area contributed by atoms with Gasteiger partial charge in [-0.15, -0.1) is 0 Å². The van der Waals surface area contributed by atoms with Crippen molar-refractivity contribution >= 4 is 0 Å². The Labute approximate surface area is 116 Å². The van der Waals surface area contributed by atoms with Crippen LogP contribution in [0.5, 0.6) is 0 Å². The molecule has 23 heavy (non-hydrogen) atoms. The highest BCUT2D eigenvalue weighted by Crippen LogP contribution is 2.70. The van der Waals surface area contributed by atoms with Gasteiger partial charge in [-0.1, -0.05) is 0 Å². The highest BCUT2D eigenvalue weighted by molar-refractivity contribution is 5.15. The first-order valence-corrected chi connectivity index (χ1v) is 4.83. The van der Waals surface area contributed by atoms with E-state index in [1.807, 2.05) is 0 Å². The largest absolute Gasteiger partial charge is 0.418 e. The Hall–Kier alpha value is -1.05. The number of hydrogen-bond acceptors (Lipinski definition) is 0. The summed E-state index contributed by atoms with van der Waals surface area (Å²) in [5.41, 5.74) is -8.41. The van der Waals surface area contributed by atoms with Crippen LogP contribution in [0.2, 0.25) is 0 Å². The van der Waals surface area contributed by atoms with Crippen LogP contribution in [0.25, 0.3) is 0 Å². The summed E-state index contributed by atoms with van der Waals surface area (Å²) in [6.45, 7) is -1.26. The highest BCUT2D eigenvalue weighted by Gasteiger charge is 2.99. The van der Waals surface area contributed by atoms with Gasteiger partial charge in [-0.3, -0.25) is 0 Å². The van der Waals surface area contributed by atoms with Gasteiger partial charge >= 0.3 is 41.7 Å². The van der Waals surface area contributed by atoms with Crippen LogP contribution in [0.3, 0.4) is 0 Å². The quantitative estimate of drug-likeness (QED) is 0.557. The van der Waals surface area contributed by atoms with E-state index < -0.39 is 48.6 Å². The van der Waals surface area contributed by atoms with E-state index in [4.69, 9.17) is 0 Å². The van der Waals surface area contributed by atoms with Gasteiger partial charge < -0.3 is 0 Å². The molecular formula is C8H3F15. The Kier molecular flexibility index (Phi) is 4.75. The lowest BCUT2D eigenvalue weighted by molar-refractivity contribution is -0.506. The van der Waals surface area contributed by atoms with Gasteiger partial charge in [-0.25, -0.2) is 0 Å². The summed E-state index contributed by atoms with van der Waals surface area (Å²) in [4.78, 5) is 0. The molecule has 0 aliphatic carbocycles. The number of halogens is 15. The van der Waals surface area contributed by atoms with Crippen molar-refractivity contribution in [1.82, 2.24) is 0 Å². The van der Waals surface area contributed by atoms with Crippen LogP contribution in [0.1, 0.15) is 6.92 Å². The lowest BCUT2D eigenvalue weighted by atomic mass is 9.74. The molecule has 0 saturated carbocycles. The average molecular weight is 384 g/mol. The van der Waals surface area contributed by atoms with Gasteiger partial charge in [0.2, 0.25) is 0 Å². The topological polar surface area (TPSA) is 0 Å². The van der Waals surface area contributed by atoms with E-state index in [0.717, 1.165) is 0 Å². The Morgan fingerprint density at radius 1 is 0.391 bits per heavy atom. The van der Waals surface area contributed by atoms with Crippen molar-refractivity contribution in [3.8, 4) is 0 Å². The van der Waals surface area contributed by atoms with Crippen LogP contribution in [-0.2, 0) is 0 Å². The van der Waals surface area contributed by atoms with E-state index in [9.17, 15) is 65.9 Å². The molecule has 0 saturated heterocycles. The summed E-state index contributed by atoms with van der Waals surface area (Å²) in [7, 11) is 0. The molecule has 0 spiro atoms. The number of hydrogen-bond donors (Lipinski definition) is 0. The molecule has 0 nitrogen and oxygen atoms in total. The summed E-state index contributed by atoms with van der Waals surface area (Å²) in [5, 5.41) is 0. The van der Waals surface area contributed by atoms with Crippen molar-refractivity contribution in [3.05, 3.63) is 0 Å². The normalized spacial score (nSPS) is 16.7. The standard InChI is InChI=1S/C8H3F15/c1-2(9,10)4(11,12)5(13,14)3(6(15,16)17,7(18,19)20)8(21,22)23/h1H3. The molecule has 0 fully saturated rings. The fraction of sp³-hybridized carbons (Fsp3) is 1.00. The molecule has 0 amide bonds. The molecule has 0 bridgehead atoms. The summed E-state index contributed by atoms with van der Waals surface area (Å²) in [6.07, 6.45) is -24.4. The smallest absolute Gasteiger partial charge is 0.200 e. The minimum absolute atomic E-state index is 1.26. The van der Waals surface area contributed by atoms with Gasteiger partial charge in [-0.05, 0) is 0 Å². The third kappa shape index (κ3) is 2.68. The predicted octanol–water partition coefficient (Wildman–Crippen LogP) is 5.59. The molecule has 0 aromatic carbocycles. The van der Waals surface area contributed by atoms with Crippen molar-refractivity contribution in [3.63, 3.8) is 0 Å². The zero-order chi connectivity index (χ0) is 19.5. The molecule has 0 unspecified atom stereocenters. The van der Waals surface area contributed by atoms with Crippen molar-refractivity contribution in [2.24, 2.45) is 5.41 Å². The van der Waals surface area contributed by atoms with Crippen LogP contribution < -0.4 is 0 Å². The lowest BCUT2D eigenvalue weighted by Crippen LogP contribution is -2.75. The Morgan fingerprint density at radius 3 is 0.739 bits per heavy atom. The van der Waals surface area contributed by atoms with E-state index in [1.165, 1.54) is 0 Å². The maximum Gasteiger partial charge on any atom is 0.418 e. The second kappa shape index (κ2) is 4.97. The fourth-order valence-electron chi connectivity index (χ4n) is 1.53. The first-order chi connectivity index (χ1) is 9.50. The molecule has 0 radical (unpaired) electrons. The van der Waals surface area contributed by atoms with Gasteiger partial charge in [0.1, 0.15) is 0 Å². The molecule has 0 N–H and O–H groups in total. The van der Waals surface area contributed by atoms with Crippen molar-refractivity contribution in [2.45, 2.75) is 43.2 Å². The molecule has 0 aromatic heterocycles. The summed E-state index contributed by atoms with van der Waals surface area (Å²) < 4.78 is 187. The minimum Gasteiger partial charge on any atom is -0.200 e. The van der Waals surface area contributed by atoms with Gasteiger partial charge in [-0.2, -0.15) is 65.9 Å². The second-order valence-electron chi connectivity index (χ2n) is 4.28. The predicted molar refractivity (Wildman–Crippen MR) is 41.1 cm³/mol. The van der Waals surface area contributed by atoms with Crippen LogP contribution in [0.15, 0.2) is 0 Å². The SMILES string of the molecule is CC(F)(F)C(F)(F)C(F)(F)C(C(F)(F)F)(C(F)(F)F)C(F)(F)F. The van der Waals surface area contributed by atoms with E-state index in [0.29, 0.717) is 0 Å². The van der Waals surface area contributed by atoms with Crippen LogP contribution in [0, 0.1) is 5.41 Å².